The van der Waals surface area contributed by atoms with Crippen LogP contribution in [0.25, 0.3) is 11.2 Å². The fraction of sp³-hybridized carbons (Fsp3) is 0.562. The largest absolute Gasteiger partial charge is 0.390 e. The first-order valence-electron chi connectivity index (χ1n) is 8.99. The Balaban J connectivity index is 1.91. The summed E-state index contributed by atoms with van der Waals surface area (Å²) in [5.74, 6) is -0.857. The number of fused-ring (bicyclic) bond motifs is 1. The lowest BCUT2D eigenvalue weighted by Crippen LogP contribution is -2.46. The average molecular weight is 436 g/mol. The normalized spacial score (nSPS) is 13.4. The number of carbonyl (C=O) groups is 1. The molecule has 29 heavy (non-hydrogen) atoms. The van der Waals surface area contributed by atoms with Crippen molar-refractivity contribution in [2.75, 3.05) is 17.6 Å². The summed E-state index contributed by atoms with van der Waals surface area (Å²) in [4.78, 5) is 23.4. The maximum Gasteiger partial charge on any atom is 0.390 e. The molecule has 1 unspecified atom stereocenters. The van der Waals surface area contributed by atoms with Gasteiger partial charge < -0.3 is 10.3 Å². The Morgan fingerprint density at radius 2 is 2.10 bits per heavy atom. The highest BCUT2D eigenvalue weighted by Crippen LogP contribution is 2.19. The molecular weight excluding hydrogens is 413 g/mol. The van der Waals surface area contributed by atoms with Gasteiger partial charge in [0, 0.05) is 18.8 Å². The maximum atomic E-state index is 12.2. The molecule has 0 spiro atoms. The summed E-state index contributed by atoms with van der Waals surface area (Å²) in [5, 5.41) is 5.12. The van der Waals surface area contributed by atoms with Crippen LogP contribution in [-0.2, 0) is 10.0 Å². The highest BCUT2D eigenvalue weighted by Gasteiger charge is 2.30. The van der Waals surface area contributed by atoms with Crippen LogP contribution in [0.3, 0.4) is 0 Å². The first kappa shape index (κ1) is 22.9. The highest BCUT2D eigenvalue weighted by molar-refractivity contribution is 7.89. The quantitative estimate of drug-likeness (QED) is 0.455. The Hall–Kier alpha value is -2.41. The Bertz CT molecular complexity index is 916. The Morgan fingerprint density at radius 3 is 2.79 bits per heavy atom. The van der Waals surface area contributed by atoms with Crippen molar-refractivity contribution in [1.82, 2.24) is 25.0 Å². The molecule has 0 aliphatic carbocycles. The van der Waals surface area contributed by atoms with E-state index >= 15 is 0 Å². The van der Waals surface area contributed by atoms with Gasteiger partial charge in [0.2, 0.25) is 10.0 Å². The molecule has 0 saturated heterocycles. The van der Waals surface area contributed by atoms with Gasteiger partial charge in [-0.3, -0.25) is 5.32 Å². The number of aromatic amines is 1. The van der Waals surface area contributed by atoms with Crippen LogP contribution in [0.1, 0.15) is 32.6 Å². The van der Waals surface area contributed by atoms with E-state index < -0.39 is 40.4 Å². The summed E-state index contributed by atoms with van der Waals surface area (Å²) in [6, 6.07) is 0.468. The van der Waals surface area contributed by atoms with Gasteiger partial charge in [0.15, 0.2) is 11.5 Å². The number of amides is 2. The first-order chi connectivity index (χ1) is 13.6. The van der Waals surface area contributed by atoms with Gasteiger partial charge in [-0.2, -0.15) is 13.2 Å². The second-order valence-electron chi connectivity index (χ2n) is 6.44. The zero-order chi connectivity index (χ0) is 21.5. The van der Waals surface area contributed by atoms with Crippen molar-refractivity contribution < 1.29 is 26.4 Å². The smallest absolute Gasteiger partial charge is 0.345 e. The lowest BCUT2D eigenvalue weighted by molar-refractivity contribution is -0.129. The van der Waals surface area contributed by atoms with E-state index in [1.807, 2.05) is 6.92 Å². The number of hydrogen-bond donors (Lipinski definition) is 4. The van der Waals surface area contributed by atoms with Gasteiger partial charge in [-0.1, -0.05) is 19.8 Å². The second-order valence-corrected chi connectivity index (χ2v) is 8.36. The average Bonchev–Trinajstić information content (AvgIpc) is 3.09. The van der Waals surface area contributed by atoms with E-state index in [0.29, 0.717) is 24.0 Å². The first-order valence-corrected chi connectivity index (χ1v) is 10.6. The molecule has 4 N–H and O–H groups in total. The summed E-state index contributed by atoms with van der Waals surface area (Å²) in [6.07, 6.45) is -1.03. The SMILES string of the molecule is CCCCC(CNS(=O)(=O)CCC(F)(F)F)NC(=O)Nc1cnc2[nH]ccc2n1. The molecule has 2 amide bonds. The van der Waals surface area contributed by atoms with Crippen molar-refractivity contribution in [2.45, 2.75) is 44.8 Å². The Morgan fingerprint density at radius 1 is 1.34 bits per heavy atom. The lowest BCUT2D eigenvalue weighted by atomic mass is 10.1. The summed E-state index contributed by atoms with van der Waals surface area (Å²) in [5.41, 5.74) is 1.12. The van der Waals surface area contributed by atoms with Gasteiger partial charge in [0.1, 0.15) is 5.52 Å². The monoisotopic (exact) mass is 436 g/mol. The van der Waals surface area contributed by atoms with Gasteiger partial charge in [0.25, 0.3) is 0 Å². The third-order valence-electron chi connectivity index (χ3n) is 3.95. The summed E-state index contributed by atoms with van der Waals surface area (Å²) < 4.78 is 62.4. The van der Waals surface area contributed by atoms with Gasteiger partial charge >= 0.3 is 12.2 Å². The number of anilines is 1. The summed E-state index contributed by atoms with van der Waals surface area (Å²) in [6.45, 7) is 1.71. The molecule has 2 aromatic rings. The molecule has 13 heteroatoms. The standard InChI is InChI=1S/C16H23F3N6O3S/c1-2-3-4-11(9-22-29(27,28)8-6-16(17,18)19)23-15(26)25-13-10-21-14-12(24-13)5-7-20-14/h5,7,10-11,22H,2-4,6,8-9H2,1H3,(H,20,21)(H2,23,24,25,26). The lowest BCUT2D eigenvalue weighted by Gasteiger charge is -2.19. The van der Waals surface area contributed by atoms with E-state index in [4.69, 9.17) is 0 Å². The minimum atomic E-state index is -4.56. The fourth-order valence-corrected chi connectivity index (χ4v) is 3.55. The van der Waals surface area contributed by atoms with Gasteiger partial charge in [0.05, 0.1) is 18.4 Å². The number of urea groups is 1. The number of alkyl halides is 3. The number of aromatic nitrogens is 3. The summed E-state index contributed by atoms with van der Waals surface area (Å²) in [7, 11) is -4.11. The molecule has 2 rings (SSSR count). The zero-order valence-corrected chi connectivity index (χ0v) is 16.5. The molecule has 2 heterocycles. The van der Waals surface area contributed by atoms with Crippen molar-refractivity contribution in [3.63, 3.8) is 0 Å². The van der Waals surface area contributed by atoms with Crippen molar-refractivity contribution in [3.8, 4) is 0 Å². The molecule has 0 fully saturated rings. The van der Waals surface area contributed by atoms with Crippen LogP contribution in [0.4, 0.5) is 23.8 Å². The highest BCUT2D eigenvalue weighted by atomic mass is 32.2. The van der Waals surface area contributed by atoms with Crippen LogP contribution >= 0.6 is 0 Å². The number of rotatable bonds is 10. The van der Waals surface area contributed by atoms with Crippen molar-refractivity contribution >= 4 is 33.0 Å². The van der Waals surface area contributed by atoms with Crippen LogP contribution < -0.4 is 15.4 Å². The summed E-state index contributed by atoms with van der Waals surface area (Å²) >= 11 is 0. The number of unbranched alkanes of at least 4 members (excludes halogenated alkanes) is 1. The molecule has 0 bridgehead atoms. The predicted molar refractivity (Wildman–Crippen MR) is 102 cm³/mol. The van der Waals surface area contributed by atoms with E-state index in [2.05, 4.69) is 30.3 Å². The van der Waals surface area contributed by atoms with Crippen molar-refractivity contribution in [1.29, 1.82) is 0 Å². The van der Waals surface area contributed by atoms with Crippen LogP contribution in [0.15, 0.2) is 18.5 Å². The van der Waals surface area contributed by atoms with Gasteiger partial charge in [-0.25, -0.2) is 27.9 Å². The van der Waals surface area contributed by atoms with E-state index in [9.17, 15) is 26.4 Å². The number of sulfonamides is 1. The fourth-order valence-electron chi connectivity index (χ4n) is 2.45. The Kier molecular flexibility index (Phi) is 7.79. The van der Waals surface area contributed by atoms with E-state index in [0.717, 1.165) is 6.42 Å². The van der Waals surface area contributed by atoms with E-state index in [-0.39, 0.29) is 12.4 Å². The third kappa shape index (κ3) is 8.23. The number of nitrogens with one attached hydrogen (secondary N) is 4. The molecule has 0 radical (unpaired) electrons. The van der Waals surface area contributed by atoms with Crippen LogP contribution in [-0.4, -0.2) is 53.9 Å². The molecule has 2 aromatic heterocycles. The predicted octanol–water partition coefficient (Wildman–Crippen LogP) is 2.51. The number of hydrogen-bond acceptors (Lipinski definition) is 5. The maximum absolute atomic E-state index is 12.2. The number of carbonyl (C=O) groups excluding carboxylic acids is 1. The molecule has 162 valence electrons. The van der Waals surface area contributed by atoms with Gasteiger partial charge in [-0.15, -0.1) is 0 Å². The van der Waals surface area contributed by atoms with Crippen LogP contribution in [0, 0.1) is 0 Å². The topological polar surface area (TPSA) is 129 Å². The van der Waals surface area contributed by atoms with Gasteiger partial charge in [-0.05, 0) is 12.5 Å². The van der Waals surface area contributed by atoms with Crippen molar-refractivity contribution in [2.24, 2.45) is 0 Å². The van der Waals surface area contributed by atoms with Crippen LogP contribution in [0.2, 0.25) is 0 Å². The molecule has 0 aromatic carbocycles. The molecule has 9 nitrogen and oxygen atoms in total. The molecule has 0 saturated carbocycles. The third-order valence-corrected chi connectivity index (χ3v) is 5.30. The van der Waals surface area contributed by atoms with E-state index in [1.165, 1.54) is 6.20 Å². The Labute approximate surface area is 165 Å². The zero-order valence-electron chi connectivity index (χ0n) is 15.7. The minimum Gasteiger partial charge on any atom is -0.345 e. The van der Waals surface area contributed by atoms with E-state index in [1.54, 1.807) is 12.3 Å². The second kappa shape index (κ2) is 9.87. The molecule has 1 atom stereocenters. The number of H-pyrrole nitrogens is 1. The number of halogens is 3. The molecule has 0 aliphatic heterocycles. The van der Waals surface area contributed by atoms with Crippen LogP contribution in [0.5, 0.6) is 0 Å². The molecule has 0 aliphatic rings. The molecular formula is C16H23F3N6O3S. The number of nitrogens with zero attached hydrogens (tertiary/aromatic N) is 2. The van der Waals surface area contributed by atoms with Crippen molar-refractivity contribution in [3.05, 3.63) is 18.5 Å². The minimum absolute atomic E-state index is 0.203.